The molecule has 0 aliphatic carbocycles. The first kappa shape index (κ1) is 16.8. The highest BCUT2D eigenvalue weighted by Gasteiger charge is 2.37. The number of aliphatic hydroxyl groups is 1. The van der Waals surface area contributed by atoms with Gasteiger partial charge in [0.2, 0.25) is 10.0 Å². The SMILES string of the molecule is O=S(=O)(NCC(O)(c1ccco1)c1cccs1)c1cccc(F)c1. The second kappa shape index (κ2) is 6.48. The van der Waals surface area contributed by atoms with Gasteiger partial charge in [0.05, 0.1) is 17.7 Å². The van der Waals surface area contributed by atoms with Crippen molar-refractivity contribution >= 4 is 21.4 Å². The fourth-order valence-electron chi connectivity index (χ4n) is 2.24. The quantitative estimate of drug-likeness (QED) is 0.702. The van der Waals surface area contributed by atoms with Crippen LogP contribution in [0, 0.1) is 5.82 Å². The van der Waals surface area contributed by atoms with Gasteiger partial charge >= 0.3 is 0 Å². The van der Waals surface area contributed by atoms with Gasteiger partial charge in [0.25, 0.3) is 0 Å². The van der Waals surface area contributed by atoms with E-state index < -0.39 is 21.4 Å². The summed E-state index contributed by atoms with van der Waals surface area (Å²) in [6.07, 6.45) is 1.40. The lowest BCUT2D eigenvalue weighted by molar-refractivity contribution is 0.0655. The minimum Gasteiger partial charge on any atom is -0.466 e. The minimum atomic E-state index is -3.99. The summed E-state index contributed by atoms with van der Waals surface area (Å²) in [5.41, 5.74) is -1.65. The number of hydrogen-bond acceptors (Lipinski definition) is 5. The molecular formula is C16H14FNO4S2. The summed E-state index contributed by atoms with van der Waals surface area (Å²) in [5.74, 6) is -0.440. The molecule has 2 aromatic heterocycles. The van der Waals surface area contributed by atoms with E-state index in [1.165, 1.54) is 29.7 Å². The third kappa shape index (κ3) is 3.27. The molecule has 5 nitrogen and oxygen atoms in total. The van der Waals surface area contributed by atoms with E-state index in [0.717, 1.165) is 12.1 Å². The molecule has 8 heteroatoms. The molecule has 126 valence electrons. The zero-order valence-corrected chi connectivity index (χ0v) is 14.0. The third-order valence-corrected chi connectivity index (χ3v) is 5.90. The number of furan rings is 1. The normalized spacial score (nSPS) is 14.4. The fraction of sp³-hybridized carbons (Fsp3) is 0.125. The van der Waals surface area contributed by atoms with E-state index in [0.29, 0.717) is 4.88 Å². The molecule has 2 N–H and O–H groups in total. The van der Waals surface area contributed by atoms with Gasteiger partial charge in [0, 0.05) is 4.88 Å². The molecule has 0 saturated heterocycles. The van der Waals surface area contributed by atoms with Gasteiger partial charge in [-0.05, 0) is 41.8 Å². The van der Waals surface area contributed by atoms with Crippen molar-refractivity contribution in [2.75, 3.05) is 6.54 Å². The van der Waals surface area contributed by atoms with Crippen LogP contribution in [0.2, 0.25) is 0 Å². The molecular weight excluding hydrogens is 353 g/mol. The van der Waals surface area contributed by atoms with Crippen LogP contribution in [0.5, 0.6) is 0 Å². The first-order valence-electron chi connectivity index (χ1n) is 6.97. The summed E-state index contributed by atoms with van der Waals surface area (Å²) >= 11 is 1.27. The zero-order chi connectivity index (χ0) is 17.2. The van der Waals surface area contributed by atoms with E-state index >= 15 is 0 Å². The van der Waals surface area contributed by atoms with Crippen molar-refractivity contribution in [1.29, 1.82) is 0 Å². The lowest BCUT2D eigenvalue weighted by Gasteiger charge is -2.25. The number of nitrogens with one attached hydrogen (secondary N) is 1. The van der Waals surface area contributed by atoms with Crippen LogP contribution in [0.25, 0.3) is 0 Å². The van der Waals surface area contributed by atoms with Gasteiger partial charge in [0.15, 0.2) is 5.60 Å². The standard InChI is InChI=1S/C16H14FNO4S2/c17-12-4-1-5-13(10-12)24(20,21)18-11-16(19,14-6-2-8-22-14)15-7-3-9-23-15/h1-10,18-19H,11H2. The predicted molar refractivity (Wildman–Crippen MR) is 87.6 cm³/mol. The van der Waals surface area contributed by atoms with Crippen LogP contribution in [-0.4, -0.2) is 20.1 Å². The average molecular weight is 367 g/mol. The molecule has 0 fully saturated rings. The second-order valence-corrected chi connectivity index (χ2v) is 7.81. The monoisotopic (exact) mass is 367 g/mol. The van der Waals surface area contributed by atoms with Gasteiger partial charge in [-0.3, -0.25) is 0 Å². The van der Waals surface area contributed by atoms with Crippen LogP contribution in [-0.2, 0) is 15.6 Å². The number of thiophene rings is 1. The summed E-state index contributed by atoms with van der Waals surface area (Å²) in [6.45, 7) is -0.347. The highest BCUT2D eigenvalue weighted by molar-refractivity contribution is 7.89. The largest absolute Gasteiger partial charge is 0.466 e. The Balaban J connectivity index is 1.90. The maximum absolute atomic E-state index is 13.3. The molecule has 0 radical (unpaired) electrons. The zero-order valence-electron chi connectivity index (χ0n) is 12.3. The van der Waals surface area contributed by atoms with E-state index in [-0.39, 0.29) is 17.2 Å². The maximum atomic E-state index is 13.3. The molecule has 0 amide bonds. The molecule has 0 aliphatic heterocycles. The van der Waals surface area contributed by atoms with Crippen LogP contribution in [0.1, 0.15) is 10.6 Å². The highest BCUT2D eigenvalue weighted by atomic mass is 32.2. The Morgan fingerprint density at radius 3 is 2.67 bits per heavy atom. The molecule has 1 atom stereocenters. The Bertz CT molecular complexity index is 871. The van der Waals surface area contributed by atoms with E-state index in [9.17, 15) is 17.9 Å². The Kier molecular flexibility index (Phi) is 4.55. The lowest BCUT2D eigenvalue weighted by Crippen LogP contribution is -2.40. The van der Waals surface area contributed by atoms with E-state index in [1.54, 1.807) is 29.6 Å². The molecule has 24 heavy (non-hydrogen) atoms. The Morgan fingerprint density at radius 1 is 1.21 bits per heavy atom. The molecule has 1 aromatic carbocycles. The van der Waals surface area contributed by atoms with Crippen molar-refractivity contribution < 1.29 is 22.3 Å². The van der Waals surface area contributed by atoms with Gasteiger partial charge in [-0.15, -0.1) is 11.3 Å². The van der Waals surface area contributed by atoms with Crippen molar-refractivity contribution in [2.45, 2.75) is 10.5 Å². The van der Waals surface area contributed by atoms with E-state index in [4.69, 9.17) is 4.42 Å². The summed E-state index contributed by atoms with van der Waals surface area (Å²) in [5, 5.41) is 12.8. The fourth-order valence-corrected chi connectivity index (χ4v) is 4.16. The van der Waals surface area contributed by atoms with Crippen molar-refractivity contribution in [3.63, 3.8) is 0 Å². The van der Waals surface area contributed by atoms with Crippen LogP contribution in [0.3, 0.4) is 0 Å². The van der Waals surface area contributed by atoms with Crippen LogP contribution < -0.4 is 4.72 Å². The third-order valence-electron chi connectivity index (χ3n) is 3.48. The van der Waals surface area contributed by atoms with Crippen LogP contribution >= 0.6 is 11.3 Å². The molecule has 3 rings (SSSR count). The van der Waals surface area contributed by atoms with Crippen LogP contribution in [0.4, 0.5) is 4.39 Å². The average Bonchev–Trinajstić information content (AvgIpc) is 3.26. The van der Waals surface area contributed by atoms with Gasteiger partial charge in [-0.1, -0.05) is 12.1 Å². The summed E-state index contributed by atoms with van der Waals surface area (Å²) < 4.78 is 45.6. The smallest absolute Gasteiger partial charge is 0.240 e. The number of benzene rings is 1. The summed E-state index contributed by atoms with van der Waals surface area (Å²) in [6, 6.07) is 11.3. The molecule has 1 unspecified atom stereocenters. The topological polar surface area (TPSA) is 79.5 Å². The van der Waals surface area contributed by atoms with Gasteiger partial charge in [-0.25, -0.2) is 17.5 Å². The summed E-state index contributed by atoms with van der Waals surface area (Å²) in [4.78, 5) is 0.315. The van der Waals surface area contributed by atoms with Crippen LogP contribution in [0.15, 0.2) is 69.5 Å². The molecule has 0 aliphatic rings. The summed E-state index contributed by atoms with van der Waals surface area (Å²) in [7, 11) is -3.99. The highest BCUT2D eigenvalue weighted by Crippen LogP contribution is 2.33. The number of rotatable bonds is 6. The Morgan fingerprint density at radius 2 is 2.04 bits per heavy atom. The molecule has 0 bridgehead atoms. The Hall–Kier alpha value is -2.00. The number of sulfonamides is 1. The van der Waals surface area contributed by atoms with E-state index in [2.05, 4.69) is 4.72 Å². The molecule has 0 saturated carbocycles. The van der Waals surface area contributed by atoms with Crippen molar-refractivity contribution in [2.24, 2.45) is 0 Å². The molecule has 2 heterocycles. The second-order valence-electron chi connectivity index (χ2n) is 5.10. The van der Waals surface area contributed by atoms with Crippen molar-refractivity contribution in [3.05, 3.63) is 76.6 Å². The molecule has 0 spiro atoms. The van der Waals surface area contributed by atoms with Gasteiger partial charge < -0.3 is 9.52 Å². The van der Waals surface area contributed by atoms with Gasteiger partial charge in [0.1, 0.15) is 11.6 Å². The molecule has 3 aromatic rings. The lowest BCUT2D eigenvalue weighted by atomic mass is 9.99. The number of halogens is 1. The predicted octanol–water partition coefficient (Wildman–Crippen LogP) is 2.69. The van der Waals surface area contributed by atoms with Gasteiger partial charge in [-0.2, -0.15) is 0 Å². The first-order chi connectivity index (χ1) is 11.4. The maximum Gasteiger partial charge on any atom is 0.240 e. The number of hydrogen-bond donors (Lipinski definition) is 2. The van der Waals surface area contributed by atoms with E-state index in [1.807, 2.05) is 0 Å². The first-order valence-corrected chi connectivity index (χ1v) is 9.34. The minimum absolute atomic E-state index is 0.213. The Labute approximate surface area is 142 Å². The van der Waals surface area contributed by atoms with Crippen molar-refractivity contribution in [3.8, 4) is 0 Å². The van der Waals surface area contributed by atoms with Crippen molar-refractivity contribution in [1.82, 2.24) is 4.72 Å².